The molecule has 1 aromatic heterocycles. The number of aliphatic hydroxyl groups is 1. The molecule has 0 bridgehead atoms. The van der Waals surface area contributed by atoms with E-state index in [1.807, 2.05) is 37.3 Å². The smallest absolute Gasteiger partial charge is 0.141 e. The van der Waals surface area contributed by atoms with E-state index >= 15 is 0 Å². The second kappa shape index (κ2) is 7.65. The summed E-state index contributed by atoms with van der Waals surface area (Å²) >= 11 is 0. The van der Waals surface area contributed by atoms with Crippen LogP contribution in [0.3, 0.4) is 0 Å². The summed E-state index contributed by atoms with van der Waals surface area (Å²) in [5, 5.41) is 8.78. The molecule has 0 aliphatic carbocycles. The van der Waals surface area contributed by atoms with Gasteiger partial charge in [-0.1, -0.05) is 30.3 Å². The van der Waals surface area contributed by atoms with Gasteiger partial charge in [0.05, 0.1) is 6.20 Å². The Kier molecular flexibility index (Phi) is 5.56. The van der Waals surface area contributed by atoms with Gasteiger partial charge in [-0.15, -0.1) is 0 Å². The van der Waals surface area contributed by atoms with Crippen LogP contribution in [0.5, 0.6) is 5.75 Å². The summed E-state index contributed by atoms with van der Waals surface area (Å²) in [5.74, 6) is 0.833. The van der Waals surface area contributed by atoms with Crippen molar-refractivity contribution in [3.63, 3.8) is 0 Å². The van der Waals surface area contributed by atoms with Crippen molar-refractivity contribution >= 4 is 0 Å². The van der Waals surface area contributed by atoms with Gasteiger partial charge in [0.1, 0.15) is 12.4 Å². The van der Waals surface area contributed by atoms with Crippen LogP contribution in [0.15, 0.2) is 42.6 Å². The molecule has 3 nitrogen and oxygen atoms in total. The van der Waals surface area contributed by atoms with Crippen LogP contribution in [0, 0.1) is 6.92 Å². The van der Waals surface area contributed by atoms with E-state index in [1.165, 1.54) is 0 Å². The van der Waals surface area contributed by atoms with E-state index in [0.717, 1.165) is 41.8 Å². The molecule has 2 aromatic rings. The van der Waals surface area contributed by atoms with Gasteiger partial charge in [0.25, 0.3) is 0 Å². The van der Waals surface area contributed by atoms with Crippen LogP contribution in [0.2, 0.25) is 0 Å². The minimum atomic E-state index is 0.247. The first-order valence-electron chi connectivity index (χ1n) is 7.02. The molecule has 0 radical (unpaired) electrons. The van der Waals surface area contributed by atoms with Gasteiger partial charge in [-0.2, -0.15) is 0 Å². The molecule has 0 unspecified atom stereocenters. The second-order valence-corrected chi connectivity index (χ2v) is 4.90. The summed E-state index contributed by atoms with van der Waals surface area (Å²) in [6.45, 7) is 2.85. The van der Waals surface area contributed by atoms with Crippen LogP contribution in [-0.2, 0) is 13.0 Å². The molecule has 20 heavy (non-hydrogen) atoms. The molecule has 2 rings (SSSR count). The van der Waals surface area contributed by atoms with Crippen molar-refractivity contribution in [1.29, 1.82) is 0 Å². The zero-order valence-corrected chi connectivity index (χ0v) is 11.9. The molecule has 3 heteroatoms. The maximum absolute atomic E-state index is 8.78. The zero-order valence-electron chi connectivity index (χ0n) is 11.9. The van der Waals surface area contributed by atoms with Crippen molar-refractivity contribution in [3.05, 3.63) is 59.4 Å². The van der Waals surface area contributed by atoms with Gasteiger partial charge < -0.3 is 9.84 Å². The molecule has 1 heterocycles. The van der Waals surface area contributed by atoms with Crippen LogP contribution in [0.4, 0.5) is 0 Å². The van der Waals surface area contributed by atoms with Crippen LogP contribution in [0.25, 0.3) is 0 Å². The minimum absolute atomic E-state index is 0.247. The number of hydrogen-bond donors (Lipinski definition) is 1. The fraction of sp³-hybridized carbons (Fsp3) is 0.353. The first-order valence-corrected chi connectivity index (χ1v) is 7.02. The molecule has 0 atom stereocenters. The number of benzene rings is 1. The lowest BCUT2D eigenvalue weighted by Gasteiger charge is -2.10. The molecule has 1 N–H and O–H groups in total. The Morgan fingerprint density at radius 2 is 1.95 bits per heavy atom. The van der Waals surface area contributed by atoms with E-state index in [2.05, 4.69) is 11.1 Å². The predicted molar refractivity (Wildman–Crippen MR) is 79.8 cm³/mol. The molecule has 106 valence electrons. The fourth-order valence-corrected chi connectivity index (χ4v) is 2.04. The van der Waals surface area contributed by atoms with Crippen molar-refractivity contribution in [2.45, 2.75) is 32.8 Å². The third-order valence-corrected chi connectivity index (χ3v) is 3.20. The summed E-state index contributed by atoms with van der Waals surface area (Å²) in [6.07, 6.45) is 4.49. The fourth-order valence-electron chi connectivity index (χ4n) is 2.04. The standard InChI is InChI=1S/C17H21NO2/c1-14-11-16(9-5-6-10-19)18-12-17(14)20-13-15-7-3-2-4-8-15/h2-4,7-8,11-12,19H,5-6,9-10,13H2,1H3. The van der Waals surface area contributed by atoms with Crippen molar-refractivity contribution in [2.24, 2.45) is 0 Å². The number of hydrogen-bond acceptors (Lipinski definition) is 3. The molecule has 1 aromatic carbocycles. The van der Waals surface area contributed by atoms with Crippen LogP contribution < -0.4 is 4.74 Å². The summed E-state index contributed by atoms with van der Waals surface area (Å²) in [6, 6.07) is 12.2. The Labute approximate surface area is 120 Å². The zero-order chi connectivity index (χ0) is 14.2. The first kappa shape index (κ1) is 14.5. The van der Waals surface area contributed by atoms with Gasteiger partial charge in [0.15, 0.2) is 0 Å². The average Bonchev–Trinajstić information content (AvgIpc) is 2.48. The number of rotatable bonds is 7. The summed E-state index contributed by atoms with van der Waals surface area (Å²) in [5.41, 5.74) is 3.32. The van der Waals surface area contributed by atoms with E-state index in [9.17, 15) is 0 Å². The molecule has 0 saturated heterocycles. The summed E-state index contributed by atoms with van der Waals surface area (Å²) in [7, 11) is 0. The van der Waals surface area contributed by atoms with Crippen molar-refractivity contribution < 1.29 is 9.84 Å². The Hall–Kier alpha value is -1.87. The topological polar surface area (TPSA) is 42.4 Å². The quantitative estimate of drug-likeness (QED) is 0.786. The van der Waals surface area contributed by atoms with Crippen LogP contribution in [-0.4, -0.2) is 16.7 Å². The Morgan fingerprint density at radius 1 is 1.15 bits per heavy atom. The third kappa shape index (κ3) is 4.35. The van der Waals surface area contributed by atoms with Crippen molar-refractivity contribution in [1.82, 2.24) is 4.98 Å². The van der Waals surface area contributed by atoms with Crippen LogP contribution in [0.1, 0.15) is 29.7 Å². The molecule has 0 amide bonds. The average molecular weight is 271 g/mol. The van der Waals surface area contributed by atoms with Gasteiger partial charge in [-0.05, 0) is 43.4 Å². The van der Waals surface area contributed by atoms with E-state index in [-0.39, 0.29) is 6.61 Å². The molecule has 0 aliphatic rings. The highest BCUT2D eigenvalue weighted by Gasteiger charge is 2.03. The molecule has 0 saturated carbocycles. The molecule has 0 aliphatic heterocycles. The van der Waals surface area contributed by atoms with Gasteiger partial charge in [0.2, 0.25) is 0 Å². The Balaban J connectivity index is 1.92. The second-order valence-electron chi connectivity index (χ2n) is 4.90. The number of nitrogens with zero attached hydrogens (tertiary/aromatic N) is 1. The lowest BCUT2D eigenvalue weighted by molar-refractivity contribution is 0.284. The van der Waals surface area contributed by atoms with Gasteiger partial charge in [-0.25, -0.2) is 0 Å². The van der Waals surface area contributed by atoms with Gasteiger partial charge >= 0.3 is 0 Å². The van der Waals surface area contributed by atoms with Crippen molar-refractivity contribution in [3.8, 4) is 5.75 Å². The number of unbranched alkanes of at least 4 members (excludes halogenated alkanes) is 1. The maximum atomic E-state index is 8.78. The number of aryl methyl sites for hydroxylation is 2. The molecule has 0 fully saturated rings. The molecular weight excluding hydrogens is 250 g/mol. The lowest BCUT2D eigenvalue weighted by Crippen LogP contribution is -1.99. The third-order valence-electron chi connectivity index (χ3n) is 3.20. The van der Waals surface area contributed by atoms with Gasteiger partial charge in [-0.3, -0.25) is 4.98 Å². The van der Waals surface area contributed by atoms with E-state index in [1.54, 1.807) is 6.20 Å². The first-order chi connectivity index (χ1) is 9.79. The van der Waals surface area contributed by atoms with E-state index in [4.69, 9.17) is 9.84 Å². The molecular formula is C17H21NO2. The van der Waals surface area contributed by atoms with Crippen molar-refractivity contribution in [2.75, 3.05) is 6.61 Å². The SMILES string of the molecule is Cc1cc(CCCCO)ncc1OCc1ccccc1. The summed E-state index contributed by atoms with van der Waals surface area (Å²) in [4.78, 5) is 4.42. The lowest BCUT2D eigenvalue weighted by atomic mass is 10.1. The van der Waals surface area contributed by atoms with E-state index in [0.29, 0.717) is 6.61 Å². The number of ether oxygens (including phenoxy) is 1. The minimum Gasteiger partial charge on any atom is -0.487 e. The predicted octanol–water partition coefficient (Wildman–Crippen LogP) is 3.28. The highest BCUT2D eigenvalue weighted by Crippen LogP contribution is 2.19. The van der Waals surface area contributed by atoms with E-state index < -0.39 is 0 Å². The summed E-state index contributed by atoms with van der Waals surface area (Å²) < 4.78 is 5.80. The number of aromatic nitrogens is 1. The Morgan fingerprint density at radius 3 is 2.65 bits per heavy atom. The monoisotopic (exact) mass is 271 g/mol. The van der Waals surface area contributed by atoms with Crippen LogP contribution >= 0.6 is 0 Å². The largest absolute Gasteiger partial charge is 0.487 e. The normalized spacial score (nSPS) is 10.5. The number of pyridine rings is 1. The highest BCUT2D eigenvalue weighted by molar-refractivity contribution is 5.31. The molecule has 0 spiro atoms. The highest BCUT2D eigenvalue weighted by atomic mass is 16.5. The maximum Gasteiger partial charge on any atom is 0.141 e. The Bertz CT molecular complexity index is 526. The number of aliphatic hydroxyl groups excluding tert-OH is 1. The van der Waals surface area contributed by atoms with Gasteiger partial charge in [0, 0.05) is 12.3 Å².